The zero-order valence-corrected chi connectivity index (χ0v) is 6.28. The molecule has 2 nitrogen and oxygen atoms in total. The van der Waals surface area contributed by atoms with Gasteiger partial charge in [-0.1, -0.05) is 0 Å². The number of halogens is 1. The number of nitrogens with one attached hydrogen (secondary N) is 1. The van der Waals surface area contributed by atoms with Crippen LogP contribution in [0.4, 0.5) is 0 Å². The Kier molecular flexibility index (Phi) is 2.33. The smallest absolute Gasteiger partial charge is 0.0484 e. The van der Waals surface area contributed by atoms with E-state index in [1.54, 1.807) is 0 Å². The Bertz CT molecular complexity index is 77.1. The maximum atomic E-state index is 3.35. The lowest BCUT2D eigenvalue weighted by Gasteiger charge is -2.10. The fraction of sp³-hybridized carbons (Fsp3) is 1.00. The van der Waals surface area contributed by atoms with Crippen LogP contribution in [0.15, 0.2) is 0 Å². The van der Waals surface area contributed by atoms with E-state index in [-0.39, 0.29) is 12.4 Å². The minimum atomic E-state index is 0. The van der Waals surface area contributed by atoms with Crippen molar-refractivity contribution in [3.8, 4) is 0 Å². The highest BCUT2D eigenvalue weighted by Crippen LogP contribution is 2.18. The fourth-order valence-electron chi connectivity index (χ4n) is 1.71. The van der Waals surface area contributed by atoms with Gasteiger partial charge in [-0.3, -0.25) is 4.90 Å². The van der Waals surface area contributed by atoms with Crippen LogP contribution in [0, 0.1) is 0 Å². The van der Waals surface area contributed by atoms with Crippen molar-refractivity contribution in [3.05, 3.63) is 0 Å². The molecule has 9 heavy (non-hydrogen) atoms. The molecule has 0 aromatic carbocycles. The van der Waals surface area contributed by atoms with Crippen molar-refractivity contribution in [3.63, 3.8) is 0 Å². The third-order valence-corrected chi connectivity index (χ3v) is 2.19. The monoisotopic (exact) mass is 148 g/mol. The van der Waals surface area contributed by atoms with Crippen LogP contribution in [-0.2, 0) is 0 Å². The van der Waals surface area contributed by atoms with Gasteiger partial charge in [0.15, 0.2) is 0 Å². The van der Waals surface area contributed by atoms with E-state index in [1.807, 2.05) is 0 Å². The van der Waals surface area contributed by atoms with Gasteiger partial charge in [0.2, 0.25) is 0 Å². The highest BCUT2D eigenvalue weighted by atomic mass is 35.5. The normalized spacial score (nSPS) is 34.0. The van der Waals surface area contributed by atoms with E-state index in [2.05, 4.69) is 10.2 Å². The second-order valence-electron chi connectivity index (χ2n) is 2.72. The minimum Gasteiger partial charge on any atom is -0.303 e. The first kappa shape index (κ1) is 7.32. The second-order valence-corrected chi connectivity index (χ2v) is 2.72. The van der Waals surface area contributed by atoms with Crippen LogP contribution in [0.25, 0.3) is 0 Å². The van der Waals surface area contributed by atoms with Crippen LogP contribution in [0.3, 0.4) is 0 Å². The molecule has 2 aliphatic heterocycles. The molecule has 3 heteroatoms. The lowest BCUT2D eigenvalue weighted by Crippen LogP contribution is -2.23. The number of rotatable bonds is 0. The van der Waals surface area contributed by atoms with Crippen LogP contribution >= 0.6 is 12.4 Å². The molecule has 2 saturated heterocycles. The summed E-state index contributed by atoms with van der Waals surface area (Å²) >= 11 is 0. The second kappa shape index (κ2) is 2.86. The van der Waals surface area contributed by atoms with Crippen LogP contribution in [0.1, 0.15) is 12.8 Å². The summed E-state index contributed by atoms with van der Waals surface area (Å²) in [6, 6.07) is 0.898. The van der Waals surface area contributed by atoms with Crippen molar-refractivity contribution in [1.82, 2.24) is 10.2 Å². The first-order valence-corrected chi connectivity index (χ1v) is 3.41. The number of fused-ring (bicyclic) bond motifs is 1. The Morgan fingerprint density at radius 3 is 3.11 bits per heavy atom. The first-order chi connectivity index (χ1) is 3.97. The van der Waals surface area contributed by atoms with Gasteiger partial charge >= 0.3 is 0 Å². The van der Waals surface area contributed by atoms with Gasteiger partial charge in [-0.2, -0.15) is 0 Å². The number of hydrogen-bond acceptors (Lipinski definition) is 2. The molecule has 54 valence electrons. The molecule has 0 spiro atoms. The average Bonchev–Trinajstić information content (AvgIpc) is 2.15. The van der Waals surface area contributed by atoms with Gasteiger partial charge in [-0.05, 0) is 19.4 Å². The van der Waals surface area contributed by atoms with Crippen molar-refractivity contribution in [1.29, 1.82) is 0 Å². The fourth-order valence-corrected chi connectivity index (χ4v) is 1.71. The summed E-state index contributed by atoms with van der Waals surface area (Å²) in [7, 11) is 0. The highest BCUT2D eigenvalue weighted by molar-refractivity contribution is 5.85. The summed E-state index contributed by atoms with van der Waals surface area (Å²) in [6.45, 7) is 3.71. The molecule has 0 radical (unpaired) electrons. The van der Waals surface area contributed by atoms with E-state index in [0.29, 0.717) is 0 Å². The predicted octanol–water partition coefficient (Wildman–Crippen LogP) is 0.433. The third kappa shape index (κ3) is 1.20. The molecule has 2 heterocycles. The number of hydrogen-bond donors (Lipinski definition) is 1. The molecular formula is C6H13ClN2. The van der Waals surface area contributed by atoms with Gasteiger partial charge in [0.25, 0.3) is 0 Å². The molecule has 0 amide bonds. The first-order valence-electron chi connectivity index (χ1n) is 3.41. The maximum Gasteiger partial charge on any atom is 0.0484 e. The summed E-state index contributed by atoms with van der Waals surface area (Å²) in [4.78, 5) is 2.53. The van der Waals surface area contributed by atoms with Crippen LogP contribution < -0.4 is 5.32 Å². The zero-order chi connectivity index (χ0) is 5.40. The van der Waals surface area contributed by atoms with Gasteiger partial charge in [0, 0.05) is 19.3 Å². The SMILES string of the molecule is C1CC2CNCN2C1.Cl. The molecule has 1 atom stereocenters. The van der Waals surface area contributed by atoms with Crippen LogP contribution in [0.2, 0.25) is 0 Å². The van der Waals surface area contributed by atoms with Gasteiger partial charge in [0.1, 0.15) is 0 Å². The lowest BCUT2D eigenvalue weighted by atomic mass is 10.2. The molecule has 1 N–H and O–H groups in total. The van der Waals surface area contributed by atoms with Gasteiger partial charge in [-0.15, -0.1) is 12.4 Å². The topological polar surface area (TPSA) is 15.3 Å². The molecule has 2 rings (SSSR count). The predicted molar refractivity (Wildman–Crippen MR) is 39.8 cm³/mol. The largest absolute Gasteiger partial charge is 0.303 e. The molecule has 0 saturated carbocycles. The maximum absolute atomic E-state index is 3.35. The summed E-state index contributed by atoms with van der Waals surface area (Å²) < 4.78 is 0. The third-order valence-electron chi connectivity index (χ3n) is 2.19. The zero-order valence-electron chi connectivity index (χ0n) is 5.47. The van der Waals surface area contributed by atoms with E-state index in [0.717, 1.165) is 12.7 Å². The van der Waals surface area contributed by atoms with E-state index >= 15 is 0 Å². The van der Waals surface area contributed by atoms with Crippen LogP contribution in [0.5, 0.6) is 0 Å². The van der Waals surface area contributed by atoms with E-state index in [9.17, 15) is 0 Å². The van der Waals surface area contributed by atoms with Crippen molar-refractivity contribution < 1.29 is 0 Å². The quantitative estimate of drug-likeness (QED) is 0.536. The van der Waals surface area contributed by atoms with Crippen molar-refractivity contribution >= 4 is 12.4 Å². The average molecular weight is 149 g/mol. The molecule has 0 aromatic rings. The Hall–Kier alpha value is 0.210. The summed E-state index contributed by atoms with van der Waals surface area (Å²) in [5.74, 6) is 0. The number of nitrogens with zero attached hydrogens (tertiary/aromatic N) is 1. The van der Waals surface area contributed by atoms with Gasteiger partial charge < -0.3 is 5.32 Å². The molecule has 2 fully saturated rings. The molecule has 0 bridgehead atoms. The van der Waals surface area contributed by atoms with Gasteiger partial charge in [0.05, 0.1) is 0 Å². The highest BCUT2D eigenvalue weighted by Gasteiger charge is 2.27. The Labute approximate surface area is 62.0 Å². The molecular weight excluding hydrogens is 136 g/mol. The standard InChI is InChI=1S/C6H12N2.ClH/c1-2-6-4-7-5-8(6)3-1;/h6-7H,1-5H2;1H. The minimum absolute atomic E-state index is 0. The van der Waals surface area contributed by atoms with Crippen molar-refractivity contribution in [2.75, 3.05) is 19.8 Å². The Morgan fingerprint density at radius 2 is 2.33 bits per heavy atom. The molecule has 1 unspecified atom stereocenters. The summed E-state index contributed by atoms with van der Waals surface area (Å²) in [5.41, 5.74) is 0. The Morgan fingerprint density at radius 1 is 1.44 bits per heavy atom. The van der Waals surface area contributed by atoms with Crippen molar-refractivity contribution in [2.45, 2.75) is 18.9 Å². The molecule has 0 aromatic heterocycles. The lowest BCUT2D eigenvalue weighted by molar-refractivity contribution is 0.327. The molecule has 0 aliphatic carbocycles. The molecule has 2 aliphatic rings. The van der Waals surface area contributed by atoms with E-state index in [1.165, 1.54) is 25.9 Å². The van der Waals surface area contributed by atoms with E-state index in [4.69, 9.17) is 0 Å². The van der Waals surface area contributed by atoms with Gasteiger partial charge in [-0.25, -0.2) is 0 Å². The van der Waals surface area contributed by atoms with Crippen LogP contribution in [-0.4, -0.2) is 30.7 Å². The Balaban J connectivity index is 0.000000405. The van der Waals surface area contributed by atoms with Crippen molar-refractivity contribution in [2.24, 2.45) is 0 Å². The summed E-state index contributed by atoms with van der Waals surface area (Å²) in [6.07, 6.45) is 2.85. The van der Waals surface area contributed by atoms with E-state index < -0.39 is 0 Å². The summed E-state index contributed by atoms with van der Waals surface area (Å²) in [5, 5.41) is 3.35.